The van der Waals surface area contributed by atoms with E-state index >= 15 is 0 Å². The van der Waals surface area contributed by atoms with Gasteiger partial charge in [-0.2, -0.15) is 0 Å². The normalized spacial score (nSPS) is 26.0. The van der Waals surface area contributed by atoms with Crippen molar-refractivity contribution in [3.63, 3.8) is 0 Å². The zero-order chi connectivity index (χ0) is 21.6. The molecule has 8 heteroatoms. The molecule has 6 nitrogen and oxygen atoms in total. The lowest BCUT2D eigenvalue weighted by Crippen LogP contribution is -2.54. The van der Waals surface area contributed by atoms with E-state index in [9.17, 15) is 14.4 Å². The first kappa shape index (κ1) is 21.9. The van der Waals surface area contributed by atoms with Crippen molar-refractivity contribution in [1.29, 1.82) is 0 Å². The van der Waals surface area contributed by atoms with E-state index in [2.05, 4.69) is 26.1 Å². The van der Waals surface area contributed by atoms with E-state index in [1.54, 1.807) is 25.2 Å². The van der Waals surface area contributed by atoms with E-state index in [1.165, 1.54) is 4.90 Å². The second-order valence-corrected chi connectivity index (χ2v) is 10.1. The summed E-state index contributed by atoms with van der Waals surface area (Å²) in [5.41, 5.74) is -0.140. The minimum absolute atomic E-state index is 0.0503. The molecule has 2 atom stereocenters. The predicted octanol–water partition coefficient (Wildman–Crippen LogP) is 4.09. The zero-order valence-corrected chi connectivity index (χ0v) is 18.7. The lowest BCUT2D eigenvalue weighted by molar-refractivity contribution is -0.140. The molecule has 1 aliphatic carbocycles. The minimum atomic E-state index is -0.902. The summed E-state index contributed by atoms with van der Waals surface area (Å²) in [6.07, 6.45) is 2.19. The molecule has 0 aromatic heterocycles. The number of urea groups is 1. The molecule has 2 fully saturated rings. The molecule has 0 radical (unpaired) electrons. The molecule has 1 spiro atoms. The number of hydrogen-bond donors (Lipinski definition) is 1. The molecule has 1 aromatic carbocycles. The molecule has 1 N–H and O–H groups in total. The standard InChI is InChI=1S/C21H27Cl2N3O3/c1-13-8-20(2,3)12-21(9-13)18(28)26(19(29)24-21)11-17(27)25(4)10-14-5-6-15(22)16(23)7-14/h5-7,13H,8-12H2,1-4H3,(H,24,29). The van der Waals surface area contributed by atoms with Gasteiger partial charge in [-0.15, -0.1) is 0 Å². The van der Waals surface area contributed by atoms with Crippen LogP contribution >= 0.6 is 23.2 Å². The molecular formula is C21H27Cl2N3O3. The molecule has 158 valence electrons. The van der Waals surface area contributed by atoms with Gasteiger partial charge in [0.25, 0.3) is 5.91 Å². The number of rotatable bonds is 4. The van der Waals surface area contributed by atoms with Gasteiger partial charge in [-0.05, 0) is 48.3 Å². The third kappa shape index (κ3) is 4.53. The Morgan fingerprint density at radius 3 is 2.55 bits per heavy atom. The highest BCUT2D eigenvalue weighted by molar-refractivity contribution is 6.42. The number of halogens is 2. The first-order valence-electron chi connectivity index (χ1n) is 9.74. The second-order valence-electron chi connectivity index (χ2n) is 9.26. The van der Waals surface area contributed by atoms with Gasteiger partial charge in [-0.1, -0.05) is 50.0 Å². The van der Waals surface area contributed by atoms with E-state index in [0.29, 0.717) is 35.3 Å². The van der Waals surface area contributed by atoms with Gasteiger partial charge >= 0.3 is 6.03 Å². The molecule has 2 unspecified atom stereocenters. The number of likely N-dealkylation sites (N-methyl/N-ethyl adjacent to an activating group) is 1. The summed E-state index contributed by atoms with van der Waals surface area (Å²) in [7, 11) is 1.63. The summed E-state index contributed by atoms with van der Waals surface area (Å²) < 4.78 is 0. The molecule has 1 heterocycles. The van der Waals surface area contributed by atoms with Gasteiger partial charge in [0.15, 0.2) is 0 Å². The van der Waals surface area contributed by atoms with Gasteiger partial charge in [0.1, 0.15) is 12.1 Å². The Hall–Kier alpha value is -1.79. The number of nitrogens with zero attached hydrogens (tertiary/aromatic N) is 2. The highest BCUT2D eigenvalue weighted by Gasteiger charge is 2.56. The lowest BCUT2D eigenvalue weighted by atomic mass is 9.64. The average Bonchev–Trinajstić information content (AvgIpc) is 2.79. The van der Waals surface area contributed by atoms with Crippen LogP contribution in [0.25, 0.3) is 0 Å². The Morgan fingerprint density at radius 2 is 1.93 bits per heavy atom. The van der Waals surface area contributed by atoms with Crippen LogP contribution in [0.4, 0.5) is 4.79 Å². The summed E-state index contributed by atoms with van der Waals surface area (Å²) in [5, 5.41) is 3.75. The Balaban J connectivity index is 1.69. The largest absolute Gasteiger partial charge is 0.340 e. The van der Waals surface area contributed by atoms with Crippen LogP contribution in [-0.4, -0.2) is 46.8 Å². The molecule has 1 saturated carbocycles. The van der Waals surface area contributed by atoms with E-state index in [-0.39, 0.29) is 23.8 Å². The third-order valence-electron chi connectivity index (χ3n) is 5.75. The summed E-state index contributed by atoms with van der Waals surface area (Å²) in [4.78, 5) is 41.0. The zero-order valence-electron chi connectivity index (χ0n) is 17.2. The van der Waals surface area contributed by atoms with Crippen LogP contribution in [0.2, 0.25) is 10.0 Å². The Morgan fingerprint density at radius 1 is 1.24 bits per heavy atom. The number of carbonyl (C=O) groups is 3. The summed E-state index contributed by atoms with van der Waals surface area (Å²) in [5.74, 6) is -0.297. The molecular weight excluding hydrogens is 413 g/mol. The molecule has 29 heavy (non-hydrogen) atoms. The van der Waals surface area contributed by atoms with E-state index in [4.69, 9.17) is 23.2 Å². The van der Waals surface area contributed by atoms with Crippen LogP contribution < -0.4 is 5.32 Å². The molecule has 4 amide bonds. The van der Waals surface area contributed by atoms with Crippen molar-refractivity contribution >= 4 is 41.0 Å². The van der Waals surface area contributed by atoms with Gasteiger partial charge in [0.05, 0.1) is 10.0 Å². The minimum Gasteiger partial charge on any atom is -0.340 e. The van der Waals surface area contributed by atoms with Gasteiger partial charge in [-0.25, -0.2) is 4.79 Å². The third-order valence-corrected chi connectivity index (χ3v) is 6.49. The molecule has 1 aliphatic heterocycles. The van der Waals surface area contributed by atoms with E-state index < -0.39 is 11.6 Å². The number of nitrogens with one attached hydrogen (secondary N) is 1. The number of benzene rings is 1. The first-order chi connectivity index (χ1) is 13.4. The Bertz CT molecular complexity index is 858. The second kappa shape index (κ2) is 7.80. The summed E-state index contributed by atoms with van der Waals surface area (Å²) in [6, 6.07) is 4.66. The monoisotopic (exact) mass is 439 g/mol. The topological polar surface area (TPSA) is 69.7 Å². The van der Waals surface area contributed by atoms with Gasteiger partial charge < -0.3 is 10.2 Å². The van der Waals surface area contributed by atoms with Crippen LogP contribution in [0.1, 0.15) is 45.6 Å². The van der Waals surface area contributed by atoms with E-state index in [0.717, 1.165) is 16.9 Å². The van der Waals surface area contributed by atoms with Crippen LogP contribution in [0.15, 0.2) is 18.2 Å². The maximum Gasteiger partial charge on any atom is 0.325 e. The van der Waals surface area contributed by atoms with Crippen LogP contribution in [-0.2, 0) is 16.1 Å². The maximum absolute atomic E-state index is 13.2. The SMILES string of the molecule is CC1CC(C)(C)CC2(C1)NC(=O)N(CC(=O)N(C)Cc1ccc(Cl)c(Cl)c1)C2=O. The van der Waals surface area contributed by atoms with Crippen LogP contribution in [0, 0.1) is 11.3 Å². The Labute approximate surface area is 181 Å². The number of amides is 4. The van der Waals surface area contributed by atoms with Crippen molar-refractivity contribution in [3.05, 3.63) is 33.8 Å². The van der Waals surface area contributed by atoms with Crippen molar-refractivity contribution < 1.29 is 14.4 Å². The molecule has 0 bridgehead atoms. The van der Waals surface area contributed by atoms with Crippen molar-refractivity contribution in [3.8, 4) is 0 Å². The van der Waals surface area contributed by atoms with Gasteiger partial charge in [0, 0.05) is 13.6 Å². The molecule has 1 aromatic rings. The highest BCUT2D eigenvalue weighted by Crippen LogP contribution is 2.46. The number of hydrogen-bond acceptors (Lipinski definition) is 3. The van der Waals surface area contributed by atoms with Crippen molar-refractivity contribution in [2.75, 3.05) is 13.6 Å². The molecule has 1 saturated heterocycles. The first-order valence-corrected chi connectivity index (χ1v) is 10.5. The fourth-order valence-corrected chi connectivity index (χ4v) is 5.23. The maximum atomic E-state index is 13.2. The van der Waals surface area contributed by atoms with Crippen LogP contribution in [0.5, 0.6) is 0 Å². The summed E-state index contributed by atoms with van der Waals surface area (Å²) in [6.45, 7) is 6.35. The van der Waals surface area contributed by atoms with Gasteiger partial charge in [0.2, 0.25) is 5.91 Å². The van der Waals surface area contributed by atoms with Crippen LogP contribution in [0.3, 0.4) is 0 Å². The van der Waals surface area contributed by atoms with Crippen molar-refractivity contribution in [2.45, 2.75) is 52.1 Å². The number of carbonyl (C=O) groups excluding carboxylic acids is 3. The van der Waals surface area contributed by atoms with E-state index in [1.807, 2.05) is 0 Å². The fraction of sp³-hybridized carbons (Fsp3) is 0.571. The molecule has 2 aliphatic rings. The molecule has 3 rings (SSSR count). The smallest absolute Gasteiger partial charge is 0.325 e. The lowest BCUT2D eigenvalue weighted by Gasteiger charge is -2.43. The highest BCUT2D eigenvalue weighted by atomic mass is 35.5. The quantitative estimate of drug-likeness (QED) is 0.718. The predicted molar refractivity (Wildman–Crippen MR) is 113 cm³/mol. The summed E-state index contributed by atoms with van der Waals surface area (Å²) >= 11 is 12.0. The fourth-order valence-electron chi connectivity index (χ4n) is 4.91. The van der Waals surface area contributed by atoms with Crippen molar-refractivity contribution in [1.82, 2.24) is 15.1 Å². The number of imide groups is 1. The average molecular weight is 440 g/mol. The Kier molecular flexibility index (Phi) is 5.89. The van der Waals surface area contributed by atoms with Crippen molar-refractivity contribution in [2.24, 2.45) is 11.3 Å². The van der Waals surface area contributed by atoms with Gasteiger partial charge in [-0.3, -0.25) is 14.5 Å².